The Morgan fingerprint density at radius 3 is 2.45 bits per heavy atom. The van der Waals surface area contributed by atoms with Gasteiger partial charge in [0.05, 0.1) is 12.8 Å². The number of aryl methyl sites for hydroxylation is 1. The molecule has 0 radical (unpaired) electrons. The summed E-state index contributed by atoms with van der Waals surface area (Å²) in [6, 6.07) is 15.6. The van der Waals surface area contributed by atoms with Gasteiger partial charge in [-0.05, 0) is 30.2 Å². The average Bonchev–Trinajstić information content (AvgIpc) is 2.55. The molecule has 0 unspecified atom stereocenters. The summed E-state index contributed by atoms with van der Waals surface area (Å²) in [5.41, 5.74) is 2.94. The van der Waals surface area contributed by atoms with Crippen molar-refractivity contribution in [2.24, 2.45) is 0 Å². The molecule has 1 amide bonds. The van der Waals surface area contributed by atoms with E-state index in [0.717, 1.165) is 29.1 Å². The lowest BCUT2D eigenvalue weighted by Gasteiger charge is -2.12. The molecule has 0 aromatic heterocycles. The molecule has 0 saturated carbocycles. The van der Waals surface area contributed by atoms with E-state index in [1.807, 2.05) is 48.5 Å². The zero-order chi connectivity index (χ0) is 15.8. The Morgan fingerprint density at radius 2 is 1.73 bits per heavy atom. The number of carbonyl (C=O) groups is 1. The molecule has 2 rings (SSSR count). The van der Waals surface area contributed by atoms with Crippen LogP contribution in [0.25, 0.3) is 0 Å². The van der Waals surface area contributed by atoms with Gasteiger partial charge in [0.1, 0.15) is 5.75 Å². The second kappa shape index (κ2) is 8.08. The Morgan fingerprint density at radius 1 is 1.05 bits per heavy atom. The first-order chi connectivity index (χ1) is 10.7. The summed E-state index contributed by atoms with van der Waals surface area (Å²) in [5.74, 6) is 0.780. The van der Waals surface area contributed by atoms with Crippen molar-refractivity contribution in [2.45, 2.75) is 19.8 Å². The number of hydrogen-bond donors (Lipinski definition) is 2. The van der Waals surface area contributed by atoms with E-state index in [9.17, 15) is 4.79 Å². The van der Waals surface area contributed by atoms with Gasteiger partial charge in [0.25, 0.3) is 0 Å². The third-order valence-corrected chi connectivity index (χ3v) is 3.45. The first kappa shape index (κ1) is 15.9. The van der Waals surface area contributed by atoms with Gasteiger partial charge in [-0.15, -0.1) is 0 Å². The van der Waals surface area contributed by atoms with Crippen LogP contribution in [0.2, 0.25) is 0 Å². The van der Waals surface area contributed by atoms with Crippen LogP contribution in [0.3, 0.4) is 0 Å². The van der Waals surface area contributed by atoms with Crippen LogP contribution in [0.15, 0.2) is 48.5 Å². The molecule has 0 atom stereocenters. The van der Waals surface area contributed by atoms with Crippen LogP contribution >= 0.6 is 0 Å². The van der Waals surface area contributed by atoms with Gasteiger partial charge >= 0.3 is 0 Å². The summed E-state index contributed by atoms with van der Waals surface area (Å²) in [7, 11) is 1.63. The number of amides is 1. The monoisotopic (exact) mass is 298 g/mol. The number of methoxy groups -OCH3 is 1. The van der Waals surface area contributed by atoms with Gasteiger partial charge < -0.3 is 15.4 Å². The van der Waals surface area contributed by atoms with Crippen molar-refractivity contribution >= 4 is 17.3 Å². The maximum Gasteiger partial charge on any atom is 0.226 e. The maximum absolute atomic E-state index is 12.0. The van der Waals surface area contributed by atoms with E-state index in [1.54, 1.807) is 7.11 Å². The number of rotatable bonds is 7. The van der Waals surface area contributed by atoms with Gasteiger partial charge in [0.2, 0.25) is 5.91 Å². The fourth-order valence-corrected chi connectivity index (χ4v) is 2.26. The normalized spacial score (nSPS) is 10.1. The lowest BCUT2D eigenvalue weighted by molar-refractivity contribution is -0.115. The van der Waals surface area contributed by atoms with Crippen molar-refractivity contribution < 1.29 is 9.53 Å². The molecule has 0 bridgehead atoms. The minimum absolute atomic E-state index is 0.00305. The van der Waals surface area contributed by atoms with E-state index in [0.29, 0.717) is 13.0 Å². The highest BCUT2D eigenvalue weighted by molar-refractivity contribution is 5.91. The smallest absolute Gasteiger partial charge is 0.226 e. The van der Waals surface area contributed by atoms with Crippen LogP contribution in [-0.4, -0.2) is 19.6 Å². The van der Waals surface area contributed by atoms with E-state index in [2.05, 4.69) is 17.6 Å². The van der Waals surface area contributed by atoms with Crippen LogP contribution in [0.1, 0.15) is 18.9 Å². The number of para-hydroxylation sites is 3. The number of hydrogen-bond acceptors (Lipinski definition) is 3. The van der Waals surface area contributed by atoms with E-state index in [1.165, 1.54) is 0 Å². The summed E-state index contributed by atoms with van der Waals surface area (Å²) in [6.07, 6.45) is 1.30. The quantitative estimate of drug-likeness (QED) is 0.819. The minimum atomic E-state index is 0.00305. The second-order valence-electron chi connectivity index (χ2n) is 4.94. The number of nitrogens with one attached hydrogen (secondary N) is 2. The van der Waals surface area contributed by atoms with Gasteiger partial charge in [-0.1, -0.05) is 37.3 Å². The molecular formula is C18H22N2O2. The molecule has 0 saturated heterocycles. The zero-order valence-corrected chi connectivity index (χ0v) is 13.1. The van der Waals surface area contributed by atoms with Crippen molar-refractivity contribution in [1.29, 1.82) is 0 Å². The lowest BCUT2D eigenvalue weighted by Crippen LogP contribution is -2.17. The highest BCUT2D eigenvalue weighted by Crippen LogP contribution is 2.22. The van der Waals surface area contributed by atoms with Crippen LogP contribution in [0, 0.1) is 0 Å². The summed E-state index contributed by atoms with van der Waals surface area (Å²) in [5, 5.41) is 6.19. The molecule has 2 aromatic carbocycles. The molecule has 4 nitrogen and oxygen atoms in total. The van der Waals surface area contributed by atoms with Crippen molar-refractivity contribution in [2.75, 3.05) is 24.3 Å². The summed E-state index contributed by atoms with van der Waals surface area (Å²) >= 11 is 0. The molecule has 0 heterocycles. The van der Waals surface area contributed by atoms with Gasteiger partial charge in [0, 0.05) is 18.7 Å². The Kier molecular flexibility index (Phi) is 5.83. The molecule has 2 aromatic rings. The number of benzene rings is 2. The molecule has 0 spiro atoms. The third-order valence-electron chi connectivity index (χ3n) is 3.45. The van der Waals surface area contributed by atoms with Gasteiger partial charge in [-0.25, -0.2) is 0 Å². The molecule has 116 valence electrons. The molecule has 0 fully saturated rings. The SMILES string of the molecule is CCc1ccccc1NC(=O)CCNc1ccccc1OC. The predicted molar refractivity (Wildman–Crippen MR) is 90.6 cm³/mol. The van der Waals surface area contributed by atoms with E-state index < -0.39 is 0 Å². The molecule has 2 N–H and O–H groups in total. The van der Waals surface area contributed by atoms with E-state index in [-0.39, 0.29) is 5.91 Å². The zero-order valence-electron chi connectivity index (χ0n) is 13.1. The fraction of sp³-hybridized carbons (Fsp3) is 0.278. The fourth-order valence-electron chi connectivity index (χ4n) is 2.26. The molecule has 0 aliphatic carbocycles. The Labute approximate surface area is 131 Å². The first-order valence-electron chi connectivity index (χ1n) is 7.49. The Balaban J connectivity index is 1.85. The Bertz CT molecular complexity index is 626. The molecule has 0 aliphatic heterocycles. The molecule has 22 heavy (non-hydrogen) atoms. The summed E-state index contributed by atoms with van der Waals surface area (Å²) < 4.78 is 5.27. The van der Waals surface area contributed by atoms with Crippen molar-refractivity contribution in [3.05, 3.63) is 54.1 Å². The minimum Gasteiger partial charge on any atom is -0.495 e. The van der Waals surface area contributed by atoms with Crippen molar-refractivity contribution in [1.82, 2.24) is 0 Å². The second-order valence-corrected chi connectivity index (χ2v) is 4.94. The largest absolute Gasteiger partial charge is 0.495 e. The lowest BCUT2D eigenvalue weighted by atomic mass is 10.1. The van der Waals surface area contributed by atoms with Gasteiger partial charge in [0.15, 0.2) is 0 Å². The number of anilines is 2. The van der Waals surface area contributed by atoms with Gasteiger partial charge in [-0.3, -0.25) is 4.79 Å². The topological polar surface area (TPSA) is 50.4 Å². The van der Waals surface area contributed by atoms with Crippen LogP contribution in [0.4, 0.5) is 11.4 Å². The first-order valence-corrected chi connectivity index (χ1v) is 7.49. The third kappa shape index (κ3) is 4.25. The Hall–Kier alpha value is -2.49. The van der Waals surface area contributed by atoms with Crippen LogP contribution in [0.5, 0.6) is 5.75 Å². The molecule has 0 aliphatic rings. The molecular weight excluding hydrogens is 276 g/mol. The highest BCUT2D eigenvalue weighted by Gasteiger charge is 2.06. The van der Waals surface area contributed by atoms with Crippen LogP contribution < -0.4 is 15.4 Å². The highest BCUT2D eigenvalue weighted by atomic mass is 16.5. The van der Waals surface area contributed by atoms with E-state index >= 15 is 0 Å². The standard InChI is InChI=1S/C18H22N2O2/c1-3-14-8-4-5-9-15(14)20-18(21)12-13-19-16-10-6-7-11-17(16)22-2/h4-11,19H,3,12-13H2,1-2H3,(H,20,21). The van der Waals surface area contributed by atoms with Crippen molar-refractivity contribution in [3.8, 4) is 5.75 Å². The molecule has 4 heteroatoms. The predicted octanol–water partition coefficient (Wildman–Crippen LogP) is 3.70. The number of ether oxygens (including phenoxy) is 1. The van der Waals surface area contributed by atoms with Crippen molar-refractivity contribution in [3.63, 3.8) is 0 Å². The average molecular weight is 298 g/mol. The van der Waals surface area contributed by atoms with E-state index in [4.69, 9.17) is 4.74 Å². The maximum atomic E-state index is 12.0. The van der Waals surface area contributed by atoms with Gasteiger partial charge in [-0.2, -0.15) is 0 Å². The van der Waals surface area contributed by atoms with Crippen LogP contribution in [-0.2, 0) is 11.2 Å². The summed E-state index contributed by atoms with van der Waals surface area (Å²) in [6.45, 7) is 2.63. The summed E-state index contributed by atoms with van der Waals surface area (Å²) in [4.78, 5) is 12.0. The number of carbonyl (C=O) groups excluding carboxylic acids is 1.